The number of carbonyl (C=O) groups is 2. The van der Waals surface area contributed by atoms with Crippen LogP contribution in [0, 0.1) is 6.92 Å². The average molecular weight is 435 g/mol. The number of esters is 1. The highest BCUT2D eigenvalue weighted by atomic mass is 19.4. The van der Waals surface area contributed by atoms with Crippen molar-refractivity contribution < 1.29 is 36.8 Å². The van der Waals surface area contributed by atoms with E-state index in [1.165, 1.54) is 12.1 Å². The Morgan fingerprint density at radius 1 is 1.16 bits per heavy atom. The lowest BCUT2D eigenvalue weighted by Gasteiger charge is -2.17. The standard InChI is InChI=1S/C20H16F3N3O5/c1-12-9-15(26-31-12)25-18(27)17(13-5-3-2-4-6-13)30-19(28)14-7-8-16(24-10-14)29-11-20(21,22)23/h2-10,17H,11H2,1H3,(H,25,26,27). The van der Waals surface area contributed by atoms with E-state index >= 15 is 0 Å². The Hall–Kier alpha value is -3.89. The Labute approximate surface area is 174 Å². The summed E-state index contributed by atoms with van der Waals surface area (Å²) in [5.74, 6) is -1.27. The fraction of sp³-hybridized carbons (Fsp3) is 0.200. The number of rotatable bonds is 7. The van der Waals surface area contributed by atoms with Gasteiger partial charge in [0.2, 0.25) is 12.0 Å². The molecular formula is C20H16F3N3O5. The van der Waals surface area contributed by atoms with Crippen molar-refractivity contribution in [2.24, 2.45) is 0 Å². The third kappa shape index (κ3) is 6.29. The number of ether oxygens (including phenoxy) is 2. The summed E-state index contributed by atoms with van der Waals surface area (Å²) in [6.45, 7) is 0.133. The van der Waals surface area contributed by atoms with Gasteiger partial charge in [0.15, 0.2) is 12.4 Å². The molecule has 0 saturated heterocycles. The SMILES string of the molecule is Cc1cc(NC(=O)C(OC(=O)c2ccc(OCC(F)(F)F)nc2)c2ccccc2)no1. The Balaban J connectivity index is 1.73. The molecule has 1 aromatic carbocycles. The number of halogens is 3. The molecule has 0 aliphatic carbocycles. The number of pyridine rings is 1. The molecule has 1 amide bonds. The Kier molecular flexibility index (Phi) is 6.53. The summed E-state index contributed by atoms with van der Waals surface area (Å²) in [6, 6.07) is 12.0. The molecule has 0 spiro atoms. The molecule has 0 saturated carbocycles. The van der Waals surface area contributed by atoms with Gasteiger partial charge in [-0.15, -0.1) is 0 Å². The van der Waals surface area contributed by atoms with Gasteiger partial charge in [0.1, 0.15) is 5.76 Å². The van der Waals surface area contributed by atoms with E-state index in [2.05, 4.69) is 20.2 Å². The van der Waals surface area contributed by atoms with Gasteiger partial charge in [-0.2, -0.15) is 13.2 Å². The van der Waals surface area contributed by atoms with Crippen LogP contribution in [0.15, 0.2) is 59.3 Å². The molecule has 0 aliphatic heterocycles. The summed E-state index contributed by atoms with van der Waals surface area (Å²) in [5.41, 5.74) is 0.317. The van der Waals surface area contributed by atoms with Crippen molar-refractivity contribution in [3.63, 3.8) is 0 Å². The summed E-state index contributed by atoms with van der Waals surface area (Å²) in [7, 11) is 0. The fourth-order valence-electron chi connectivity index (χ4n) is 2.44. The molecule has 8 nitrogen and oxygen atoms in total. The van der Waals surface area contributed by atoms with Crippen LogP contribution in [0.25, 0.3) is 0 Å². The lowest BCUT2D eigenvalue weighted by atomic mass is 10.1. The van der Waals surface area contributed by atoms with Gasteiger partial charge in [-0.25, -0.2) is 9.78 Å². The number of aryl methyl sites for hydroxylation is 1. The number of nitrogens with zero attached hydrogens (tertiary/aromatic N) is 2. The van der Waals surface area contributed by atoms with E-state index in [4.69, 9.17) is 9.26 Å². The first kappa shape index (κ1) is 21.8. The minimum atomic E-state index is -4.52. The van der Waals surface area contributed by atoms with E-state index in [1.54, 1.807) is 37.3 Å². The van der Waals surface area contributed by atoms with Crippen LogP contribution in [0.3, 0.4) is 0 Å². The first-order valence-corrected chi connectivity index (χ1v) is 8.87. The molecule has 1 unspecified atom stereocenters. The number of hydrogen-bond donors (Lipinski definition) is 1. The zero-order valence-corrected chi connectivity index (χ0v) is 16.1. The summed E-state index contributed by atoms with van der Waals surface area (Å²) < 4.78 is 51.4. The van der Waals surface area contributed by atoms with Crippen LogP contribution in [-0.2, 0) is 9.53 Å². The first-order valence-electron chi connectivity index (χ1n) is 8.87. The second kappa shape index (κ2) is 9.28. The van der Waals surface area contributed by atoms with Crippen LogP contribution in [0.1, 0.15) is 27.8 Å². The molecule has 3 aromatic rings. The van der Waals surface area contributed by atoms with E-state index in [-0.39, 0.29) is 17.3 Å². The number of amides is 1. The molecule has 3 rings (SSSR count). The fourth-order valence-corrected chi connectivity index (χ4v) is 2.44. The van der Waals surface area contributed by atoms with Crippen molar-refractivity contribution in [2.75, 3.05) is 11.9 Å². The molecule has 0 fully saturated rings. The normalized spacial score (nSPS) is 12.1. The third-order valence-corrected chi connectivity index (χ3v) is 3.80. The number of benzene rings is 1. The number of anilines is 1. The molecule has 0 radical (unpaired) electrons. The van der Waals surface area contributed by atoms with Crippen molar-refractivity contribution >= 4 is 17.7 Å². The molecule has 11 heteroatoms. The molecular weight excluding hydrogens is 419 g/mol. The Morgan fingerprint density at radius 3 is 2.48 bits per heavy atom. The van der Waals surface area contributed by atoms with Crippen molar-refractivity contribution in [3.8, 4) is 5.88 Å². The maximum absolute atomic E-state index is 12.7. The van der Waals surface area contributed by atoms with Crippen molar-refractivity contribution in [2.45, 2.75) is 19.2 Å². The summed E-state index contributed by atoms with van der Waals surface area (Å²) in [6.07, 6.45) is -4.85. The highest BCUT2D eigenvalue weighted by molar-refractivity contribution is 5.97. The molecule has 1 atom stereocenters. The maximum atomic E-state index is 12.7. The van der Waals surface area contributed by atoms with Gasteiger partial charge in [0.05, 0.1) is 5.56 Å². The second-order valence-corrected chi connectivity index (χ2v) is 6.30. The minimum absolute atomic E-state index is 0.0784. The van der Waals surface area contributed by atoms with Crippen LogP contribution in [0.2, 0.25) is 0 Å². The van der Waals surface area contributed by atoms with Gasteiger partial charge >= 0.3 is 12.1 Å². The largest absolute Gasteiger partial charge is 0.468 e. The highest BCUT2D eigenvalue weighted by Crippen LogP contribution is 2.22. The van der Waals surface area contributed by atoms with Gasteiger partial charge in [-0.05, 0) is 13.0 Å². The zero-order valence-electron chi connectivity index (χ0n) is 16.1. The molecule has 31 heavy (non-hydrogen) atoms. The van der Waals surface area contributed by atoms with E-state index in [0.29, 0.717) is 11.3 Å². The third-order valence-electron chi connectivity index (χ3n) is 3.80. The number of alkyl halides is 3. The smallest absolute Gasteiger partial charge is 0.422 e. The van der Waals surface area contributed by atoms with E-state index in [0.717, 1.165) is 12.3 Å². The molecule has 2 heterocycles. The Bertz CT molecular complexity index is 1040. The molecule has 1 N–H and O–H groups in total. The first-order chi connectivity index (χ1) is 14.7. The molecule has 2 aromatic heterocycles. The Morgan fingerprint density at radius 2 is 1.90 bits per heavy atom. The van der Waals surface area contributed by atoms with Gasteiger partial charge in [0, 0.05) is 23.9 Å². The van der Waals surface area contributed by atoms with Crippen molar-refractivity contribution in [3.05, 3.63) is 71.6 Å². The minimum Gasteiger partial charge on any atom is -0.468 e. The zero-order chi connectivity index (χ0) is 22.4. The van der Waals surface area contributed by atoms with Crippen LogP contribution in [-0.4, -0.2) is 34.8 Å². The van der Waals surface area contributed by atoms with Gasteiger partial charge in [-0.3, -0.25) is 4.79 Å². The predicted octanol–water partition coefficient (Wildman–Crippen LogP) is 3.86. The average Bonchev–Trinajstić information content (AvgIpc) is 3.15. The number of hydrogen-bond acceptors (Lipinski definition) is 7. The second-order valence-electron chi connectivity index (χ2n) is 6.30. The number of nitrogens with one attached hydrogen (secondary N) is 1. The van der Waals surface area contributed by atoms with Crippen molar-refractivity contribution in [1.29, 1.82) is 0 Å². The highest BCUT2D eigenvalue weighted by Gasteiger charge is 2.29. The summed E-state index contributed by atoms with van der Waals surface area (Å²) in [4.78, 5) is 28.9. The van der Waals surface area contributed by atoms with E-state index in [1.807, 2.05) is 0 Å². The van der Waals surface area contributed by atoms with Gasteiger partial charge in [-0.1, -0.05) is 35.5 Å². The molecule has 0 aliphatic rings. The lowest BCUT2D eigenvalue weighted by molar-refractivity contribution is -0.154. The van der Waals surface area contributed by atoms with Crippen LogP contribution in [0.4, 0.5) is 19.0 Å². The van der Waals surface area contributed by atoms with Crippen LogP contribution in [0.5, 0.6) is 5.88 Å². The van der Waals surface area contributed by atoms with Crippen molar-refractivity contribution in [1.82, 2.24) is 10.1 Å². The topological polar surface area (TPSA) is 104 Å². The van der Waals surface area contributed by atoms with E-state index < -0.39 is 30.8 Å². The molecule has 0 bridgehead atoms. The quantitative estimate of drug-likeness (QED) is 0.562. The van der Waals surface area contributed by atoms with Gasteiger partial charge < -0.3 is 19.3 Å². The van der Waals surface area contributed by atoms with Crippen LogP contribution < -0.4 is 10.1 Å². The van der Waals surface area contributed by atoms with E-state index in [9.17, 15) is 22.8 Å². The monoisotopic (exact) mass is 435 g/mol. The van der Waals surface area contributed by atoms with Gasteiger partial charge in [0.25, 0.3) is 5.91 Å². The van der Waals surface area contributed by atoms with Crippen LogP contribution >= 0.6 is 0 Å². The number of aromatic nitrogens is 2. The maximum Gasteiger partial charge on any atom is 0.422 e. The molecule has 162 valence electrons. The summed E-state index contributed by atoms with van der Waals surface area (Å²) in [5, 5.41) is 6.16. The predicted molar refractivity (Wildman–Crippen MR) is 100 cm³/mol. The summed E-state index contributed by atoms with van der Waals surface area (Å²) >= 11 is 0. The number of carbonyl (C=O) groups excluding carboxylic acids is 2. The lowest BCUT2D eigenvalue weighted by Crippen LogP contribution is -2.26.